The number of aromatic nitrogens is 2. The molecule has 0 aliphatic carbocycles. The van der Waals surface area contributed by atoms with Crippen LogP contribution in [-0.4, -0.2) is 9.97 Å². The summed E-state index contributed by atoms with van der Waals surface area (Å²) in [6, 6.07) is 29.9. The number of rotatable bonds is 5. The Bertz CT molecular complexity index is 1040. The molecule has 0 N–H and O–H groups in total. The molecule has 2 aromatic heterocycles. The van der Waals surface area contributed by atoms with E-state index in [1.165, 1.54) is 22.3 Å². The van der Waals surface area contributed by atoms with E-state index >= 15 is 0 Å². The summed E-state index contributed by atoms with van der Waals surface area (Å²) >= 11 is 0. The number of hydrogen-bond donors (Lipinski definition) is 0. The highest BCUT2D eigenvalue weighted by Gasteiger charge is 2.26. The number of nitrogens with zero attached hydrogens (tertiary/aromatic N) is 2. The Labute approximate surface area is 179 Å². The van der Waals surface area contributed by atoms with Crippen LogP contribution < -0.4 is 0 Å². The summed E-state index contributed by atoms with van der Waals surface area (Å²) in [6.45, 7) is 8.92. The summed E-state index contributed by atoms with van der Waals surface area (Å²) < 4.78 is 0. The highest BCUT2D eigenvalue weighted by Crippen LogP contribution is 2.35. The maximum absolute atomic E-state index is 4.60. The van der Waals surface area contributed by atoms with Crippen LogP contribution in [0, 0.1) is 0 Å². The summed E-state index contributed by atoms with van der Waals surface area (Å²) in [5.41, 5.74) is 6.77. The van der Waals surface area contributed by atoms with Crippen LogP contribution in [0.25, 0.3) is 11.1 Å². The molecule has 4 aromatic rings. The minimum atomic E-state index is -0.165. The van der Waals surface area contributed by atoms with Gasteiger partial charge in [-0.05, 0) is 46.5 Å². The van der Waals surface area contributed by atoms with E-state index in [1.54, 1.807) is 0 Å². The molecule has 0 aliphatic heterocycles. The maximum Gasteiger partial charge on any atom is 0.0503 e. The second-order valence-electron chi connectivity index (χ2n) is 8.84. The van der Waals surface area contributed by atoms with Gasteiger partial charge >= 0.3 is 0 Å². The molecule has 2 aromatic carbocycles. The summed E-state index contributed by atoms with van der Waals surface area (Å²) in [4.78, 5) is 9.20. The van der Waals surface area contributed by atoms with Crippen molar-refractivity contribution in [3.05, 3.63) is 120 Å². The molecular weight excluding hydrogens is 364 g/mol. The molecule has 0 saturated carbocycles. The first-order valence-corrected chi connectivity index (χ1v) is 10.4. The molecule has 0 fully saturated rings. The first kappa shape index (κ1) is 20.0. The van der Waals surface area contributed by atoms with Gasteiger partial charge in [0, 0.05) is 23.2 Å². The third-order valence-electron chi connectivity index (χ3n) is 6.11. The maximum atomic E-state index is 4.60. The Morgan fingerprint density at radius 2 is 0.933 bits per heavy atom. The Hall–Kier alpha value is -3.26. The van der Waals surface area contributed by atoms with Gasteiger partial charge in [-0.2, -0.15) is 0 Å². The van der Waals surface area contributed by atoms with E-state index in [1.807, 2.05) is 24.5 Å². The monoisotopic (exact) mass is 392 g/mol. The molecule has 0 atom stereocenters. The van der Waals surface area contributed by atoms with E-state index < -0.39 is 0 Å². The topological polar surface area (TPSA) is 25.8 Å². The van der Waals surface area contributed by atoms with Gasteiger partial charge < -0.3 is 0 Å². The molecule has 150 valence electrons. The fourth-order valence-electron chi connectivity index (χ4n) is 3.94. The lowest BCUT2D eigenvalue weighted by Crippen LogP contribution is -2.20. The molecule has 0 bridgehead atoms. The van der Waals surface area contributed by atoms with Crippen molar-refractivity contribution in [1.82, 2.24) is 9.97 Å². The zero-order valence-electron chi connectivity index (χ0n) is 18.1. The van der Waals surface area contributed by atoms with E-state index in [9.17, 15) is 0 Å². The van der Waals surface area contributed by atoms with Gasteiger partial charge in [0.25, 0.3) is 0 Å². The Morgan fingerprint density at radius 1 is 0.500 bits per heavy atom. The van der Waals surface area contributed by atoms with Crippen molar-refractivity contribution >= 4 is 0 Å². The summed E-state index contributed by atoms with van der Waals surface area (Å²) in [5, 5.41) is 0. The molecule has 2 heterocycles. The summed E-state index contributed by atoms with van der Waals surface area (Å²) in [6.07, 6.45) is 3.73. The van der Waals surface area contributed by atoms with Crippen LogP contribution in [0.5, 0.6) is 0 Å². The normalized spacial score (nSPS) is 12.0. The van der Waals surface area contributed by atoms with Crippen molar-refractivity contribution in [1.29, 1.82) is 0 Å². The van der Waals surface area contributed by atoms with Crippen LogP contribution in [0.2, 0.25) is 0 Å². The van der Waals surface area contributed by atoms with E-state index in [-0.39, 0.29) is 10.8 Å². The van der Waals surface area contributed by atoms with Crippen molar-refractivity contribution in [2.24, 2.45) is 0 Å². The highest BCUT2D eigenvalue weighted by molar-refractivity contribution is 5.66. The zero-order valence-corrected chi connectivity index (χ0v) is 18.1. The molecule has 0 saturated heterocycles. The highest BCUT2D eigenvalue weighted by atomic mass is 14.7. The van der Waals surface area contributed by atoms with Crippen molar-refractivity contribution in [3.8, 4) is 11.1 Å². The number of pyridine rings is 2. The molecule has 30 heavy (non-hydrogen) atoms. The molecular formula is C28H28N2. The van der Waals surface area contributed by atoms with E-state index in [2.05, 4.69) is 110 Å². The van der Waals surface area contributed by atoms with Gasteiger partial charge in [-0.25, -0.2) is 0 Å². The van der Waals surface area contributed by atoms with E-state index in [4.69, 9.17) is 0 Å². The quantitative estimate of drug-likeness (QED) is 0.373. The van der Waals surface area contributed by atoms with Gasteiger partial charge in [-0.15, -0.1) is 0 Å². The van der Waals surface area contributed by atoms with Gasteiger partial charge in [-0.3, -0.25) is 9.97 Å². The van der Waals surface area contributed by atoms with Gasteiger partial charge in [0.05, 0.1) is 11.4 Å². The fourth-order valence-corrected chi connectivity index (χ4v) is 3.94. The second kappa shape index (κ2) is 7.87. The molecule has 0 amide bonds. The zero-order chi connectivity index (χ0) is 21.2. The largest absolute Gasteiger partial charge is 0.260 e. The minimum absolute atomic E-state index is 0.165. The van der Waals surface area contributed by atoms with Crippen LogP contribution in [0.1, 0.15) is 50.2 Å². The van der Waals surface area contributed by atoms with Crippen molar-refractivity contribution in [2.75, 3.05) is 0 Å². The second-order valence-corrected chi connectivity index (χ2v) is 8.84. The summed E-state index contributed by atoms with van der Waals surface area (Å²) in [5.74, 6) is 0. The lowest BCUT2D eigenvalue weighted by atomic mass is 9.78. The van der Waals surface area contributed by atoms with E-state index in [0.29, 0.717) is 0 Å². The Kier molecular flexibility index (Phi) is 5.26. The molecule has 2 heteroatoms. The lowest BCUT2D eigenvalue weighted by molar-refractivity contribution is 0.616. The van der Waals surface area contributed by atoms with Crippen molar-refractivity contribution in [2.45, 2.75) is 38.5 Å². The first-order valence-electron chi connectivity index (χ1n) is 10.4. The van der Waals surface area contributed by atoms with Crippen LogP contribution in [0.4, 0.5) is 0 Å². The molecule has 0 unspecified atom stereocenters. The smallest absolute Gasteiger partial charge is 0.0503 e. The van der Waals surface area contributed by atoms with Crippen molar-refractivity contribution in [3.63, 3.8) is 0 Å². The molecule has 0 spiro atoms. The van der Waals surface area contributed by atoms with Crippen LogP contribution >= 0.6 is 0 Å². The summed E-state index contributed by atoms with van der Waals surface area (Å²) in [7, 11) is 0. The number of hydrogen-bond acceptors (Lipinski definition) is 2. The first-order chi connectivity index (χ1) is 14.4. The average molecular weight is 393 g/mol. The average Bonchev–Trinajstić information content (AvgIpc) is 2.80. The van der Waals surface area contributed by atoms with Crippen LogP contribution in [0.3, 0.4) is 0 Å². The third kappa shape index (κ3) is 3.78. The van der Waals surface area contributed by atoms with Gasteiger partial charge in [0.15, 0.2) is 0 Å². The number of benzene rings is 2. The molecule has 0 aliphatic rings. The van der Waals surface area contributed by atoms with Crippen molar-refractivity contribution < 1.29 is 0 Å². The SMILES string of the molecule is CC(C)(c1cccc(-c2cccc(C(C)(C)c3ccccn3)c2)c1)c1ccccn1. The van der Waals surface area contributed by atoms with Crippen LogP contribution in [-0.2, 0) is 10.8 Å². The van der Waals surface area contributed by atoms with E-state index in [0.717, 1.165) is 11.4 Å². The Balaban J connectivity index is 1.73. The standard InChI is InChI=1S/C28H28N2/c1-27(2,25-15-5-7-17-29-25)23-13-9-11-21(19-23)22-12-10-14-24(20-22)28(3,4)26-16-6-8-18-30-26/h5-20H,1-4H3. The third-order valence-corrected chi connectivity index (χ3v) is 6.11. The lowest BCUT2D eigenvalue weighted by Gasteiger charge is -2.26. The van der Waals surface area contributed by atoms with Gasteiger partial charge in [0.1, 0.15) is 0 Å². The van der Waals surface area contributed by atoms with Crippen LogP contribution in [0.15, 0.2) is 97.3 Å². The molecule has 2 nitrogen and oxygen atoms in total. The molecule has 4 rings (SSSR count). The van der Waals surface area contributed by atoms with Gasteiger partial charge in [-0.1, -0.05) is 88.4 Å². The predicted molar refractivity (Wildman–Crippen MR) is 125 cm³/mol. The predicted octanol–water partition coefficient (Wildman–Crippen LogP) is 6.80. The van der Waals surface area contributed by atoms with Gasteiger partial charge in [0.2, 0.25) is 0 Å². The fraction of sp³-hybridized carbons (Fsp3) is 0.214. The molecule has 0 radical (unpaired) electrons. The minimum Gasteiger partial charge on any atom is -0.260 e. The Morgan fingerprint density at radius 3 is 1.30 bits per heavy atom.